The maximum atomic E-state index is 12.9. The molecule has 3 heteroatoms. The van der Waals surface area contributed by atoms with Gasteiger partial charge in [-0.3, -0.25) is 9.00 Å². The lowest BCUT2D eigenvalue weighted by molar-refractivity contribution is 0.0894. The molecule has 2 fully saturated rings. The first-order valence-corrected chi connectivity index (χ1v) is 9.26. The Bertz CT molecular complexity index is 589. The van der Waals surface area contributed by atoms with Gasteiger partial charge in [-0.15, -0.1) is 0 Å². The van der Waals surface area contributed by atoms with Crippen LogP contribution in [0.2, 0.25) is 0 Å². The van der Waals surface area contributed by atoms with Gasteiger partial charge in [-0.2, -0.15) is 0 Å². The van der Waals surface area contributed by atoms with Crippen LogP contribution in [0.25, 0.3) is 0 Å². The summed E-state index contributed by atoms with van der Waals surface area (Å²) in [5.74, 6) is 0.364. The molecule has 0 radical (unpaired) electrons. The largest absolute Gasteiger partial charge is 0.294 e. The zero-order valence-electron chi connectivity index (χ0n) is 13.1. The normalized spacial score (nSPS) is 32.0. The van der Waals surface area contributed by atoms with Gasteiger partial charge in [0.05, 0.1) is 0 Å². The zero-order valence-corrected chi connectivity index (χ0v) is 14.0. The highest BCUT2D eigenvalue weighted by Gasteiger charge is 2.40. The van der Waals surface area contributed by atoms with E-state index in [-0.39, 0.29) is 22.2 Å². The molecule has 0 N–H and O–H groups in total. The van der Waals surface area contributed by atoms with Crippen LogP contribution in [0, 0.1) is 26.7 Å². The second kappa shape index (κ2) is 5.68. The summed E-state index contributed by atoms with van der Waals surface area (Å²) in [6.45, 7) is 6.18. The summed E-state index contributed by atoms with van der Waals surface area (Å²) in [5, 5.41) is 0.525. The molecule has 2 saturated heterocycles. The molecule has 21 heavy (non-hydrogen) atoms. The summed E-state index contributed by atoms with van der Waals surface area (Å²) >= 11 is 0. The fraction of sp³-hybridized carbons (Fsp3) is 0.611. The van der Waals surface area contributed by atoms with E-state index in [0.29, 0.717) is 0 Å². The summed E-state index contributed by atoms with van der Waals surface area (Å²) in [5.41, 5.74) is 4.39. The molecule has 2 heterocycles. The van der Waals surface area contributed by atoms with Crippen LogP contribution in [0.5, 0.6) is 0 Å². The Kier molecular flexibility index (Phi) is 4.04. The van der Waals surface area contributed by atoms with Gasteiger partial charge in [-0.1, -0.05) is 12.5 Å². The van der Waals surface area contributed by atoms with Crippen LogP contribution in [0.15, 0.2) is 12.1 Å². The van der Waals surface area contributed by atoms with Crippen molar-refractivity contribution in [2.24, 2.45) is 5.92 Å². The van der Waals surface area contributed by atoms with Gasteiger partial charge in [0, 0.05) is 32.8 Å². The van der Waals surface area contributed by atoms with Crippen molar-refractivity contribution in [2.75, 3.05) is 0 Å². The molecule has 2 bridgehead atoms. The quantitative estimate of drug-likeness (QED) is 0.777. The third-order valence-corrected chi connectivity index (χ3v) is 7.45. The minimum absolute atomic E-state index is 0.0822. The summed E-state index contributed by atoms with van der Waals surface area (Å²) in [6.07, 6.45) is 4.92. The maximum absolute atomic E-state index is 12.9. The van der Waals surface area contributed by atoms with Crippen molar-refractivity contribution in [1.82, 2.24) is 0 Å². The number of hydrogen-bond acceptors (Lipinski definition) is 2. The van der Waals surface area contributed by atoms with E-state index in [4.69, 9.17) is 0 Å². The molecule has 2 aliphatic rings. The van der Waals surface area contributed by atoms with E-state index in [2.05, 4.69) is 19.9 Å². The van der Waals surface area contributed by atoms with Crippen LogP contribution in [-0.4, -0.2) is 20.5 Å². The van der Waals surface area contributed by atoms with Crippen molar-refractivity contribution in [3.8, 4) is 0 Å². The minimum atomic E-state index is -0.695. The Morgan fingerprint density at radius 3 is 2.19 bits per heavy atom. The van der Waals surface area contributed by atoms with E-state index in [1.807, 2.05) is 13.0 Å². The molecule has 2 nitrogen and oxygen atoms in total. The van der Waals surface area contributed by atoms with Gasteiger partial charge in [0.1, 0.15) is 0 Å². The van der Waals surface area contributed by atoms with Gasteiger partial charge >= 0.3 is 0 Å². The number of carbonyl (C=O) groups excluding carboxylic acids is 1. The molecule has 3 rings (SSSR count). The van der Waals surface area contributed by atoms with Gasteiger partial charge in [0.2, 0.25) is 0 Å². The molecule has 2 unspecified atom stereocenters. The fourth-order valence-electron chi connectivity index (χ4n) is 3.89. The van der Waals surface area contributed by atoms with E-state index in [1.165, 1.54) is 17.5 Å². The van der Waals surface area contributed by atoms with E-state index < -0.39 is 10.8 Å². The number of carbonyl (C=O) groups is 1. The molecular weight excluding hydrogens is 280 g/mol. The molecule has 0 aliphatic carbocycles. The molecule has 0 saturated carbocycles. The number of benzene rings is 1. The summed E-state index contributed by atoms with van der Waals surface area (Å²) in [4.78, 5) is 12.9. The highest BCUT2D eigenvalue weighted by molar-refractivity contribution is 7.86. The molecule has 2 atom stereocenters. The molecule has 1 aromatic carbocycles. The highest BCUT2D eigenvalue weighted by atomic mass is 32.2. The van der Waals surface area contributed by atoms with Gasteiger partial charge in [-0.25, -0.2) is 0 Å². The second-order valence-corrected chi connectivity index (χ2v) is 8.78. The average molecular weight is 304 g/mol. The minimum Gasteiger partial charge on any atom is -0.294 e. The molecule has 0 spiro atoms. The monoisotopic (exact) mass is 304 g/mol. The smallest absolute Gasteiger partial charge is 0.166 e. The van der Waals surface area contributed by atoms with E-state index in [1.54, 1.807) is 0 Å². The van der Waals surface area contributed by atoms with E-state index in [9.17, 15) is 9.00 Å². The summed E-state index contributed by atoms with van der Waals surface area (Å²) < 4.78 is 12.3. The molecule has 114 valence electrons. The fourth-order valence-corrected chi connectivity index (χ4v) is 6.08. The van der Waals surface area contributed by atoms with Crippen molar-refractivity contribution < 1.29 is 9.00 Å². The van der Waals surface area contributed by atoms with Gasteiger partial charge in [-0.05, 0) is 69.2 Å². The first-order chi connectivity index (χ1) is 9.97. The Morgan fingerprint density at radius 1 is 1.00 bits per heavy atom. The SMILES string of the molecule is Cc1cc(C)c(C(=O)C2CC3CCCC(C2)S3=O)cc1C. The van der Waals surface area contributed by atoms with Crippen molar-refractivity contribution in [3.05, 3.63) is 34.4 Å². The molecule has 2 aliphatic heterocycles. The van der Waals surface area contributed by atoms with E-state index >= 15 is 0 Å². The number of fused-ring (bicyclic) bond motifs is 2. The van der Waals surface area contributed by atoms with E-state index in [0.717, 1.165) is 36.8 Å². The molecule has 1 aromatic rings. The topological polar surface area (TPSA) is 34.1 Å². The predicted octanol–water partition coefficient (Wildman–Crippen LogP) is 3.87. The maximum Gasteiger partial charge on any atom is 0.166 e. The highest BCUT2D eigenvalue weighted by Crippen LogP contribution is 2.38. The number of ketones is 1. The van der Waals surface area contributed by atoms with Crippen molar-refractivity contribution in [2.45, 2.75) is 63.4 Å². The average Bonchev–Trinajstić information content (AvgIpc) is 2.42. The standard InChI is InChI=1S/C18H24O2S/c1-11-7-13(3)17(8-12(11)2)18(19)14-9-15-5-4-6-16(10-14)21(15)20/h7-8,14-16H,4-6,9-10H2,1-3H3. The van der Waals surface area contributed by atoms with Crippen molar-refractivity contribution >= 4 is 16.6 Å². The second-order valence-electron chi connectivity index (χ2n) is 6.79. The van der Waals surface area contributed by atoms with Crippen LogP contribution < -0.4 is 0 Å². The summed E-state index contributed by atoms with van der Waals surface area (Å²) in [6, 6.07) is 4.17. The lowest BCUT2D eigenvalue weighted by Gasteiger charge is -2.37. The Morgan fingerprint density at radius 2 is 1.57 bits per heavy atom. The molecule has 0 amide bonds. The number of aryl methyl sites for hydroxylation is 3. The molecule has 0 aromatic heterocycles. The lowest BCUT2D eigenvalue weighted by Crippen LogP contribution is -2.41. The van der Waals surface area contributed by atoms with Crippen LogP contribution in [0.1, 0.15) is 59.2 Å². The van der Waals surface area contributed by atoms with Gasteiger partial charge in [0.25, 0.3) is 0 Å². The lowest BCUT2D eigenvalue weighted by atomic mass is 9.83. The first-order valence-electron chi connectivity index (χ1n) is 7.99. The van der Waals surface area contributed by atoms with Crippen LogP contribution in [0.3, 0.4) is 0 Å². The molecular formula is C18H24O2S. The van der Waals surface area contributed by atoms with Crippen LogP contribution in [-0.2, 0) is 10.8 Å². The Hall–Kier alpha value is -0.960. The third-order valence-electron chi connectivity index (χ3n) is 5.28. The van der Waals surface area contributed by atoms with Crippen molar-refractivity contribution in [1.29, 1.82) is 0 Å². The third kappa shape index (κ3) is 2.73. The Balaban J connectivity index is 1.86. The first kappa shape index (κ1) is 15.0. The van der Waals surface area contributed by atoms with Gasteiger partial charge < -0.3 is 0 Å². The number of rotatable bonds is 2. The van der Waals surface area contributed by atoms with Crippen molar-refractivity contribution in [3.63, 3.8) is 0 Å². The Labute approximate surface area is 129 Å². The van der Waals surface area contributed by atoms with Crippen LogP contribution in [0.4, 0.5) is 0 Å². The predicted molar refractivity (Wildman–Crippen MR) is 87.3 cm³/mol. The van der Waals surface area contributed by atoms with Crippen LogP contribution >= 0.6 is 0 Å². The number of Topliss-reactive ketones (excluding diaryl/α,β-unsaturated/α-hetero) is 1. The van der Waals surface area contributed by atoms with Gasteiger partial charge in [0.15, 0.2) is 5.78 Å². The summed E-state index contributed by atoms with van der Waals surface area (Å²) in [7, 11) is -0.695. The number of hydrogen-bond donors (Lipinski definition) is 0. The zero-order chi connectivity index (χ0) is 15.1.